The van der Waals surface area contributed by atoms with Crippen LogP contribution in [0.1, 0.15) is 36.7 Å². The Morgan fingerprint density at radius 3 is 2.50 bits per heavy atom. The number of hydrogen-bond acceptors (Lipinski definition) is 1. The Kier molecular flexibility index (Phi) is 2.64. The van der Waals surface area contributed by atoms with Crippen molar-refractivity contribution in [2.75, 3.05) is 6.54 Å². The van der Waals surface area contributed by atoms with Crippen molar-refractivity contribution in [2.24, 2.45) is 11.7 Å². The van der Waals surface area contributed by atoms with Crippen LogP contribution in [0, 0.1) is 19.8 Å². The van der Waals surface area contributed by atoms with Gasteiger partial charge in [-0.2, -0.15) is 0 Å². The molecule has 2 unspecified atom stereocenters. The summed E-state index contributed by atoms with van der Waals surface area (Å²) in [7, 11) is 0. The van der Waals surface area contributed by atoms with Crippen LogP contribution in [0.2, 0.25) is 0 Å². The molecular weight excluding hydrogens is 172 g/mol. The molecule has 2 nitrogen and oxygen atoms in total. The topological polar surface area (TPSA) is 30.9 Å². The highest BCUT2D eigenvalue weighted by Crippen LogP contribution is 2.36. The summed E-state index contributed by atoms with van der Waals surface area (Å²) in [6.45, 7) is 5.22. The lowest BCUT2D eigenvalue weighted by molar-refractivity contribution is 0.378. The third-order valence-electron chi connectivity index (χ3n) is 3.58. The van der Waals surface area contributed by atoms with Crippen LogP contribution in [0.3, 0.4) is 0 Å². The standard InChI is InChI=1S/C12H20N2/c1-9-6-7-10(2)14(9)12-5-3-4-11(12)8-13/h6-7,11-12H,3-5,8,13H2,1-2H3. The van der Waals surface area contributed by atoms with E-state index in [2.05, 4.69) is 30.5 Å². The van der Waals surface area contributed by atoms with Crippen LogP contribution in [-0.2, 0) is 0 Å². The quantitative estimate of drug-likeness (QED) is 0.766. The molecule has 2 heteroatoms. The van der Waals surface area contributed by atoms with Crippen LogP contribution in [0.4, 0.5) is 0 Å². The third kappa shape index (κ3) is 1.48. The van der Waals surface area contributed by atoms with E-state index in [1.54, 1.807) is 0 Å². The second-order valence-corrected chi connectivity index (χ2v) is 4.48. The minimum absolute atomic E-state index is 0.662. The number of aromatic nitrogens is 1. The van der Waals surface area contributed by atoms with E-state index in [1.807, 2.05) is 0 Å². The van der Waals surface area contributed by atoms with Crippen LogP contribution in [0.25, 0.3) is 0 Å². The van der Waals surface area contributed by atoms with Gasteiger partial charge < -0.3 is 10.3 Å². The third-order valence-corrected chi connectivity index (χ3v) is 3.58. The molecule has 1 fully saturated rings. The van der Waals surface area contributed by atoms with Crippen molar-refractivity contribution in [3.63, 3.8) is 0 Å². The molecule has 0 spiro atoms. The van der Waals surface area contributed by atoms with E-state index in [1.165, 1.54) is 30.7 Å². The molecule has 0 saturated heterocycles. The Morgan fingerprint density at radius 2 is 1.93 bits per heavy atom. The average Bonchev–Trinajstić information content (AvgIpc) is 2.73. The van der Waals surface area contributed by atoms with Gasteiger partial charge >= 0.3 is 0 Å². The molecular formula is C12H20N2. The first-order valence-corrected chi connectivity index (χ1v) is 5.58. The van der Waals surface area contributed by atoms with E-state index in [4.69, 9.17) is 5.73 Å². The summed E-state index contributed by atoms with van der Waals surface area (Å²) in [5.74, 6) is 0.694. The fourth-order valence-corrected chi connectivity index (χ4v) is 2.84. The summed E-state index contributed by atoms with van der Waals surface area (Å²) in [5, 5.41) is 0. The van der Waals surface area contributed by atoms with E-state index in [0.717, 1.165) is 6.54 Å². The van der Waals surface area contributed by atoms with E-state index >= 15 is 0 Å². The van der Waals surface area contributed by atoms with Gasteiger partial charge in [-0.1, -0.05) is 6.42 Å². The summed E-state index contributed by atoms with van der Waals surface area (Å²) in [6, 6.07) is 5.08. The number of nitrogens with two attached hydrogens (primary N) is 1. The number of hydrogen-bond donors (Lipinski definition) is 1. The smallest absolute Gasteiger partial charge is 0.0375 e. The maximum Gasteiger partial charge on any atom is 0.0375 e. The molecule has 0 amide bonds. The number of rotatable bonds is 2. The Labute approximate surface area is 86.1 Å². The first-order chi connectivity index (χ1) is 6.74. The van der Waals surface area contributed by atoms with E-state index in [0.29, 0.717) is 12.0 Å². The lowest BCUT2D eigenvalue weighted by atomic mass is 10.0. The van der Waals surface area contributed by atoms with Gasteiger partial charge in [0.25, 0.3) is 0 Å². The zero-order valence-electron chi connectivity index (χ0n) is 9.16. The molecule has 1 aromatic rings. The van der Waals surface area contributed by atoms with Gasteiger partial charge in [0.15, 0.2) is 0 Å². The maximum atomic E-state index is 5.82. The van der Waals surface area contributed by atoms with Gasteiger partial charge in [0.1, 0.15) is 0 Å². The molecule has 1 heterocycles. The van der Waals surface area contributed by atoms with Crippen LogP contribution in [0.15, 0.2) is 12.1 Å². The zero-order chi connectivity index (χ0) is 10.1. The summed E-state index contributed by atoms with van der Waals surface area (Å²) >= 11 is 0. The normalized spacial score (nSPS) is 27.1. The molecule has 0 bridgehead atoms. The molecule has 2 atom stereocenters. The highest BCUT2D eigenvalue weighted by Gasteiger charge is 2.28. The predicted molar refractivity (Wildman–Crippen MR) is 59.3 cm³/mol. The molecule has 2 rings (SSSR count). The molecule has 14 heavy (non-hydrogen) atoms. The first-order valence-electron chi connectivity index (χ1n) is 5.58. The van der Waals surface area contributed by atoms with Gasteiger partial charge in [0.05, 0.1) is 0 Å². The molecule has 1 saturated carbocycles. The maximum absolute atomic E-state index is 5.82. The minimum Gasteiger partial charge on any atom is -0.346 e. The van der Waals surface area contributed by atoms with Crippen molar-refractivity contribution < 1.29 is 0 Å². The van der Waals surface area contributed by atoms with Crippen molar-refractivity contribution in [1.29, 1.82) is 0 Å². The Bertz CT molecular complexity index is 295. The first kappa shape index (κ1) is 9.78. The lowest BCUT2D eigenvalue weighted by Gasteiger charge is -2.23. The Morgan fingerprint density at radius 1 is 1.29 bits per heavy atom. The van der Waals surface area contributed by atoms with Gasteiger partial charge in [0.2, 0.25) is 0 Å². The molecule has 0 radical (unpaired) electrons. The van der Waals surface area contributed by atoms with Gasteiger partial charge in [-0.3, -0.25) is 0 Å². The minimum atomic E-state index is 0.662. The van der Waals surface area contributed by atoms with Gasteiger partial charge in [0, 0.05) is 17.4 Å². The van der Waals surface area contributed by atoms with Crippen LogP contribution in [-0.4, -0.2) is 11.1 Å². The van der Waals surface area contributed by atoms with Crippen LogP contribution >= 0.6 is 0 Å². The molecule has 1 aliphatic carbocycles. The number of nitrogens with zero attached hydrogens (tertiary/aromatic N) is 1. The fraction of sp³-hybridized carbons (Fsp3) is 0.667. The summed E-state index contributed by atoms with van der Waals surface area (Å²) in [6.07, 6.45) is 3.94. The Balaban J connectivity index is 2.29. The zero-order valence-corrected chi connectivity index (χ0v) is 9.16. The van der Waals surface area contributed by atoms with Gasteiger partial charge in [-0.25, -0.2) is 0 Å². The van der Waals surface area contributed by atoms with E-state index in [-0.39, 0.29) is 0 Å². The average molecular weight is 192 g/mol. The monoisotopic (exact) mass is 192 g/mol. The van der Waals surface area contributed by atoms with Crippen LogP contribution in [0.5, 0.6) is 0 Å². The molecule has 78 valence electrons. The second kappa shape index (κ2) is 3.77. The van der Waals surface area contributed by atoms with Crippen molar-refractivity contribution in [1.82, 2.24) is 4.57 Å². The highest BCUT2D eigenvalue weighted by molar-refractivity contribution is 5.16. The van der Waals surface area contributed by atoms with Crippen molar-refractivity contribution in [3.05, 3.63) is 23.5 Å². The largest absolute Gasteiger partial charge is 0.346 e. The van der Waals surface area contributed by atoms with Gasteiger partial charge in [-0.05, 0) is 51.3 Å². The molecule has 0 aliphatic heterocycles. The number of aryl methyl sites for hydroxylation is 2. The summed E-state index contributed by atoms with van der Waals surface area (Å²) in [5.41, 5.74) is 8.58. The van der Waals surface area contributed by atoms with Crippen molar-refractivity contribution >= 4 is 0 Å². The summed E-state index contributed by atoms with van der Waals surface area (Å²) in [4.78, 5) is 0. The molecule has 1 aliphatic rings. The van der Waals surface area contributed by atoms with Gasteiger partial charge in [-0.15, -0.1) is 0 Å². The molecule has 0 aromatic carbocycles. The highest BCUT2D eigenvalue weighted by atomic mass is 15.0. The van der Waals surface area contributed by atoms with E-state index < -0.39 is 0 Å². The van der Waals surface area contributed by atoms with E-state index in [9.17, 15) is 0 Å². The fourth-order valence-electron chi connectivity index (χ4n) is 2.84. The molecule has 1 aromatic heterocycles. The SMILES string of the molecule is Cc1ccc(C)n1C1CCCC1CN. The lowest BCUT2D eigenvalue weighted by Crippen LogP contribution is -2.22. The van der Waals surface area contributed by atoms with Crippen LogP contribution < -0.4 is 5.73 Å². The second-order valence-electron chi connectivity index (χ2n) is 4.48. The summed E-state index contributed by atoms with van der Waals surface area (Å²) < 4.78 is 2.48. The predicted octanol–water partition coefficient (Wildman–Crippen LogP) is 2.40. The van der Waals surface area contributed by atoms with Crippen molar-refractivity contribution in [3.8, 4) is 0 Å². The Hall–Kier alpha value is -0.760. The molecule has 2 N–H and O–H groups in total. The van der Waals surface area contributed by atoms with Crippen molar-refractivity contribution in [2.45, 2.75) is 39.2 Å².